The molecule has 1 aliphatic rings. The maximum atomic E-state index is 11.7. The Balaban J connectivity index is 2.04. The summed E-state index contributed by atoms with van der Waals surface area (Å²) >= 11 is 0. The van der Waals surface area contributed by atoms with E-state index < -0.39 is 17.6 Å². The van der Waals surface area contributed by atoms with Crippen LogP contribution in [0.4, 0.5) is 0 Å². The van der Waals surface area contributed by atoms with E-state index in [0.717, 1.165) is 37.8 Å². The number of nitrogens with one attached hydrogen (secondary N) is 2. The fraction of sp³-hybridized carbons (Fsp3) is 0.550. The summed E-state index contributed by atoms with van der Waals surface area (Å²) in [6, 6.07) is 2.33. The molecular formula is C20H30N4O4. The van der Waals surface area contributed by atoms with Crippen molar-refractivity contribution in [2.24, 2.45) is 11.7 Å². The van der Waals surface area contributed by atoms with Gasteiger partial charge in [-0.1, -0.05) is 6.92 Å². The number of carboxylic acid groups (broad SMARTS) is 1. The maximum absolute atomic E-state index is 11.7. The molecule has 0 amide bonds. The number of carbonyl (C=O) groups is 1. The number of aliphatic hydroxyl groups is 1. The van der Waals surface area contributed by atoms with E-state index in [-0.39, 0.29) is 19.1 Å². The van der Waals surface area contributed by atoms with Gasteiger partial charge < -0.3 is 31.4 Å². The molecule has 0 unspecified atom stereocenters. The number of hydrogen-bond acceptors (Lipinski definition) is 7. The third-order valence-corrected chi connectivity index (χ3v) is 5.14. The summed E-state index contributed by atoms with van der Waals surface area (Å²) in [5.41, 5.74) is 4.16. The van der Waals surface area contributed by atoms with Gasteiger partial charge in [-0.15, -0.1) is 0 Å². The van der Waals surface area contributed by atoms with Crippen LogP contribution in [0.3, 0.4) is 0 Å². The number of nitrogens with two attached hydrogens (primary N) is 1. The zero-order chi connectivity index (χ0) is 20.6. The number of hydrogen-bond donors (Lipinski definition) is 5. The second kappa shape index (κ2) is 10.2. The molecule has 6 N–H and O–H groups in total. The Hall–Kier alpha value is -2.45. The molecule has 8 heteroatoms. The Morgan fingerprint density at radius 2 is 2.21 bits per heavy atom. The first-order chi connectivity index (χ1) is 13.3. The molecule has 0 aliphatic heterocycles. The van der Waals surface area contributed by atoms with Gasteiger partial charge in [0.05, 0.1) is 12.1 Å². The van der Waals surface area contributed by atoms with Crippen LogP contribution < -0.4 is 15.8 Å². The minimum atomic E-state index is -2.18. The molecule has 1 aromatic rings. The summed E-state index contributed by atoms with van der Waals surface area (Å²) in [6.07, 6.45) is 9.70. The molecule has 0 aromatic carbocycles. The van der Waals surface area contributed by atoms with Gasteiger partial charge in [-0.05, 0) is 49.9 Å². The lowest BCUT2D eigenvalue weighted by Gasteiger charge is -2.30. The molecule has 1 saturated carbocycles. The first-order valence-electron chi connectivity index (χ1n) is 9.57. The monoisotopic (exact) mass is 390 g/mol. The number of rotatable bonds is 10. The first kappa shape index (κ1) is 21.8. The molecular weight excluding hydrogens is 360 g/mol. The van der Waals surface area contributed by atoms with Crippen molar-refractivity contribution >= 4 is 12.2 Å². The minimum absolute atomic E-state index is 0.0313. The molecule has 0 radical (unpaired) electrons. The quantitative estimate of drug-likeness (QED) is 0.381. The first-order valence-corrected chi connectivity index (χ1v) is 9.57. The fourth-order valence-corrected chi connectivity index (χ4v) is 3.29. The molecule has 2 rings (SSSR count). The number of aromatic nitrogens is 1. The molecule has 1 aromatic heterocycles. The SMILES string of the molecule is CC1CCC(Oc2ccnc(C[C@](O)(C(=O)O)[C@@H](N)CN/C=C\C=N)c2)CC1. The molecule has 2 atom stereocenters. The maximum Gasteiger partial charge on any atom is 0.337 e. The Morgan fingerprint density at radius 3 is 2.86 bits per heavy atom. The van der Waals surface area contributed by atoms with Gasteiger partial charge in [-0.3, -0.25) is 4.98 Å². The zero-order valence-corrected chi connectivity index (χ0v) is 16.2. The van der Waals surface area contributed by atoms with E-state index >= 15 is 0 Å². The summed E-state index contributed by atoms with van der Waals surface area (Å²) in [5, 5.41) is 29.9. The molecule has 154 valence electrons. The molecule has 0 bridgehead atoms. The van der Waals surface area contributed by atoms with Crippen LogP contribution in [0.5, 0.6) is 5.75 Å². The third-order valence-electron chi connectivity index (χ3n) is 5.14. The number of ether oxygens (including phenoxy) is 1. The van der Waals surface area contributed by atoms with E-state index in [0.29, 0.717) is 11.4 Å². The van der Waals surface area contributed by atoms with Crippen LogP contribution in [-0.2, 0) is 11.2 Å². The van der Waals surface area contributed by atoms with Crippen molar-refractivity contribution in [3.63, 3.8) is 0 Å². The average Bonchev–Trinajstić information content (AvgIpc) is 2.67. The zero-order valence-electron chi connectivity index (χ0n) is 16.2. The largest absolute Gasteiger partial charge is 0.490 e. The van der Waals surface area contributed by atoms with Crippen LogP contribution in [0.2, 0.25) is 0 Å². The van der Waals surface area contributed by atoms with Crippen LogP contribution in [-0.4, -0.2) is 51.7 Å². The van der Waals surface area contributed by atoms with E-state index in [9.17, 15) is 15.0 Å². The predicted molar refractivity (Wildman–Crippen MR) is 106 cm³/mol. The number of aliphatic carboxylic acids is 1. The Morgan fingerprint density at radius 1 is 1.50 bits per heavy atom. The topological polar surface area (TPSA) is 142 Å². The van der Waals surface area contributed by atoms with Crippen molar-refractivity contribution in [2.75, 3.05) is 6.54 Å². The predicted octanol–water partition coefficient (Wildman–Crippen LogP) is 1.48. The smallest absolute Gasteiger partial charge is 0.337 e. The van der Waals surface area contributed by atoms with E-state index in [1.165, 1.54) is 12.3 Å². The molecule has 1 heterocycles. The standard InChI is InChI=1S/C20H30N4O4/c1-14-3-5-16(6-4-14)28-17-7-10-24-15(11-17)12-20(27,19(25)26)18(22)13-23-9-2-8-21/h2,7-11,14,16,18,21,23,27H,3-6,12-13,22H2,1H3,(H,25,26)/b9-2-,21-8?/t14?,16?,18-,20+/m0/s1. The molecule has 1 fully saturated rings. The van der Waals surface area contributed by atoms with E-state index in [4.69, 9.17) is 15.9 Å². The minimum Gasteiger partial charge on any atom is -0.490 e. The van der Waals surface area contributed by atoms with Gasteiger partial charge in [-0.2, -0.15) is 0 Å². The number of pyridine rings is 1. The highest BCUT2D eigenvalue weighted by molar-refractivity contribution is 5.78. The average molecular weight is 390 g/mol. The second-order valence-electron chi connectivity index (χ2n) is 7.43. The van der Waals surface area contributed by atoms with Crippen molar-refractivity contribution in [2.45, 2.75) is 56.8 Å². The van der Waals surface area contributed by atoms with Crippen LogP contribution in [0.25, 0.3) is 0 Å². The molecule has 0 spiro atoms. The van der Waals surface area contributed by atoms with E-state index in [1.807, 2.05) is 0 Å². The van der Waals surface area contributed by atoms with Crippen molar-refractivity contribution in [3.05, 3.63) is 36.3 Å². The normalized spacial score (nSPS) is 23.0. The summed E-state index contributed by atoms with van der Waals surface area (Å²) in [6.45, 7) is 2.27. The number of allylic oxidation sites excluding steroid dienone is 1. The summed E-state index contributed by atoms with van der Waals surface area (Å²) < 4.78 is 6.03. The van der Waals surface area contributed by atoms with Gasteiger partial charge in [0, 0.05) is 37.1 Å². The molecule has 28 heavy (non-hydrogen) atoms. The Labute approximate surface area is 165 Å². The molecule has 0 saturated heterocycles. The van der Waals surface area contributed by atoms with Gasteiger partial charge in [0.2, 0.25) is 0 Å². The summed E-state index contributed by atoms with van der Waals surface area (Å²) in [5.74, 6) is -0.0625. The van der Waals surface area contributed by atoms with Crippen LogP contribution >= 0.6 is 0 Å². The highest BCUT2D eigenvalue weighted by Gasteiger charge is 2.42. The fourth-order valence-electron chi connectivity index (χ4n) is 3.29. The second-order valence-corrected chi connectivity index (χ2v) is 7.43. The highest BCUT2D eigenvalue weighted by Crippen LogP contribution is 2.27. The van der Waals surface area contributed by atoms with Gasteiger partial charge in [0.15, 0.2) is 5.60 Å². The summed E-state index contributed by atoms with van der Waals surface area (Å²) in [4.78, 5) is 15.9. The lowest BCUT2D eigenvalue weighted by Crippen LogP contribution is -2.59. The van der Waals surface area contributed by atoms with E-state index in [1.54, 1.807) is 18.3 Å². The van der Waals surface area contributed by atoms with E-state index in [2.05, 4.69) is 17.2 Å². The number of nitrogens with zero attached hydrogens (tertiary/aromatic N) is 1. The van der Waals surface area contributed by atoms with Crippen molar-refractivity contribution in [1.29, 1.82) is 5.41 Å². The Kier molecular flexibility index (Phi) is 7.95. The molecule has 1 aliphatic carbocycles. The third kappa shape index (κ3) is 6.03. The van der Waals surface area contributed by atoms with Gasteiger partial charge in [-0.25, -0.2) is 4.79 Å². The van der Waals surface area contributed by atoms with Crippen molar-refractivity contribution in [3.8, 4) is 5.75 Å². The number of carboxylic acids is 1. The van der Waals surface area contributed by atoms with Crippen molar-refractivity contribution in [1.82, 2.24) is 10.3 Å². The van der Waals surface area contributed by atoms with Gasteiger partial charge >= 0.3 is 5.97 Å². The van der Waals surface area contributed by atoms with Crippen LogP contribution in [0.15, 0.2) is 30.6 Å². The van der Waals surface area contributed by atoms with Crippen LogP contribution in [0.1, 0.15) is 38.3 Å². The van der Waals surface area contributed by atoms with Gasteiger partial charge in [0.1, 0.15) is 5.75 Å². The Bertz CT molecular complexity index is 689. The highest BCUT2D eigenvalue weighted by atomic mass is 16.5. The van der Waals surface area contributed by atoms with Crippen LogP contribution in [0, 0.1) is 11.3 Å². The van der Waals surface area contributed by atoms with Gasteiger partial charge in [0.25, 0.3) is 0 Å². The molecule has 8 nitrogen and oxygen atoms in total. The van der Waals surface area contributed by atoms with Crippen molar-refractivity contribution < 1.29 is 19.7 Å². The lowest BCUT2D eigenvalue weighted by molar-refractivity contribution is -0.160. The summed E-state index contributed by atoms with van der Waals surface area (Å²) in [7, 11) is 0. The lowest BCUT2D eigenvalue weighted by atomic mass is 9.88.